The number of rotatable bonds is 0. The fraction of sp³-hybridized carbons (Fsp3) is 0.375. The van der Waals surface area contributed by atoms with Crippen molar-refractivity contribution in [2.24, 2.45) is 4.99 Å². The molecule has 0 bridgehead atoms. The molecule has 1 aliphatic heterocycles. The number of aliphatic imine (C=N–C) groups is 1. The molecule has 1 aliphatic rings. The zero-order valence-corrected chi connectivity index (χ0v) is 6.29. The Morgan fingerprint density at radius 2 is 2.40 bits per heavy atom. The van der Waals surface area contributed by atoms with Crippen molar-refractivity contribution in [2.45, 2.75) is 13.3 Å². The molecular weight excluding hydrogens is 126 g/mol. The molecule has 0 saturated carbocycles. The van der Waals surface area contributed by atoms with E-state index < -0.39 is 0 Å². The minimum Gasteiger partial charge on any atom is -0.484 e. The monoisotopic (exact) mass is 137 g/mol. The molecular formula is C8H11NO. The number of hydrogen-bond acceptors (Lipinski definition) is 2. The summed E-state index contributed by atoms with van der Waals surface area (Å²) >= 11 is 0. The number of hydrogen-bond donors (Lipinski definition) is 0. The van der Waals surface area contributed by atoms with Gasteiger partial charge in [0.2, 0.25) is 0 Å². The summed E-state index contributed by atoms with van der Waals surface area (Å²) in [5.41, 5.74) is 0.991. The third-order valence-electron chi connectivity index (χ3n) is 1.30. The maximum Gasteiger partial charge on any atom is 0.191 e. The first-order valence-corrected chi connectivity index (χ1v) is 3.28. The lowest BCUT2D eigenvalue weighted by molar-refractivity contribution is 0.394. The summed E-state index contributed by atoms with van der Waals surface area (Å²) < 4.78 is 5.00. The fourth-order valence-corrected chi connectivity index (χ4v) is 0.785. The van der Waals surface area contributed by atoms with Crippen LogP contribution in [0.4, 0.5) is 0 Å². The van der Waals surface area contributed by atoms with Gasteiger partial charge in [0.05, 0.1) is 7.11 Å². The van der Waals surface area contributed by atoms with Gasteiger partial charge in [-0.15, -0.1) is 0 Å². The summed E-state index contributed by atoms with van der Waals surface area (Å²) in [7, 11) is 1.64. The number of ether oxygens (including phenoxy) is 1. The quantitative estimate of drug-likeness (QED) is 0.499. The van der Waals surface area contributed by atoms with E-state index in [-0.39, 0.29) is 0 Å². The van der Waals surface area contributed by atoms with Gasteiger partial charge in [-0.1, -0.05) is 12.2 Å². The Morgan fingerprint density at radius 1 is 1.60 bits per heavy atom. The molecule has 0 spiro atoms. The molecule has 0 amide bonds. The normalized spacial score (nSPS) is 17.4. The number of nitrogens with zero attached hydrogens (tertiary/aromatic N) is 1. The predicted octanol–water partition coefficient (Wildman–Crippen LogP) is 1.89. The van der Waals surface area contributed by atoms with Gasteiger partial charge in [-0.25, -0.2) is 4.99 Å². The second-order valence-corrected chi connectivity index (χ2v) is 2.15. The summed E-state index contributed by atoms with van der Waals surface area (Å²) in [4.78, 5) is 4.19. The molecule has 0 unspecified atom stereocenters. The molecule has 0 saturated heterocycles. The summed E-state index contributed by atoms with van der Waals surface area (Å²) in [6, 6.07) is 0. The van der Waals surface area contributed by atoms with E-state index in [4.69, 9.17) is 4.74 Å². The maximum absolute atomic E-state index is 5.00. The maximum atomic E-state index is 5.00. The molecule has 2 nitrogen and oxygen atoms in total. The number of methoxy groups -OCH3 is 1. The van der Waals surface area contributed by atoms with Crippen LogP contribution >= 0.6 is 0 Å². The van der Waals surface area contributed by atoms with E-state index in [9.17, 15) is 0 Å². The summed E-state index contributed by atoms with van der Waals surface area (Å²) in [6.07, 6.45) is 6.78. The molecule has 54 valence electrons. The SMILES string of the molecule is COC1=NC(C)=CC=CC1. The van der Waals surface area contributed by atoms with Gasteiger partial charge in [0.1, 0.15) is 0 Å². The third kappa shape index (κ3) is 1.72. The largest absolute Gasteiger partial charge is 0.484 e. The molecule has 1 heterocycles. The van der Waals surface area contributed by atoms with Crippen LogP contribution in [0.5, 0.6) is 0 Å². The second kappa shape index (κ2) is 3.20. The van der Waals surface area contributed by atoms with Crippen molar-refractivity contribution >= 4 is 5.90 Å². The van der Waals surface area contributed by atoms with Crippen LogP contribution in [0.2, 0.25) is 0 Å². The average Bonchev–Trinajstić information content (AvgIpc) is 2.13. The highest BCUT2D eigenvalue weighted by Crippen LogP contribution is 2.04. The Labute approximate surface area is 60.9 Å². The van der Waals surface area contributed by atoms with Gasteiger partial charge in [-0.05, 0) is 13.0 Å². The highest BCUT2D eigenvalue weighted by molar-refractivity contribution is 5.79. The molecule has 0 aliphatic carbocycles. The first kappa shape index (κ1) is 7.06. The van der Waals surface area contributed by atoms with Crippen LogP contribution in [0.1, 0.15) is 13.3 Å². The number of allylic oxidation sites excluding steroid dienone is 3. The summed E-state index contributed by atoms with van der Waals surface area (Å²) in [6.45, 7) is 1.95. The second-order valence-electron chi connectivity index (χ2n) is 2.15. The van der Waals surface area contributed by atoms with Gasteiger partial charge in [-0.2, -0.15) is 0 Å². The molecule has 0 aromatic carbocycles. The van der Waals surface area contributed by atoms with E-state index in [2.05, 4.69) is 4.99 Å². The van der Waals surface area contributed by atoms with E-state index >= 15 is 0 Å². The Kier molecular flexibility index (Phi) is 2.26. The van der Waals surface area contributed by atoms with Crippen LogP contribution in [0.25, 0.3) is 0 Å². The first-order chi connectivity index (χ1) is 4.83. The lowest BCUT2D eigenvalue weighted by Crippen LogP contribution is -1.98. The molecule has 0 aromatic heterocycles. The van der Waals surface area contributed by atoms with E-state index in [1.165, 1.54) is 0 Å². The third-order valence-corrected chi connectivity index (χ3v) is 1.30. The molecule has 0 aromatic rings. The molecule has 0 radical (unpaired) electrons. The van der Waals surface area contributed by atoms with Gasteiger partial charge < -0.3 is 4.74 Å². The van der Waals surface area contributed by atoms with E-state index in [0.717, 1.165) is 18.0 Å². The van der Waals surface area contributed by atoms with Gasteiger partial charge in [-0.3, -0.25) is 0 Å². The van der Waals surface area contributed by atoms with Crippen molar-refractivity contribution in [2.75, 3.05) is 7.11 Å². The smallest absolute Gasteiger partial charge is 0.191 e. The Bertz CT molecular complexity index is 201. The van der Waals surface area contributed by atoms with E-state index in [0.29, 0.717) is 0 Å². The van der Waals surface area contributed by atoms with E-state index in [1.54, 1.807) is 7.11 Å². The Balaban J connectivity index is 2.77. The van der Waals surface area contributed by atoms with Crippen LogP contribution in [0, 0.1) is 0 Å². The van der Waals surface area contributed by atoms with Crippen molar-refractivity contribution in [1.29, 1.82) is 0 Å². The fourth-order valence-electron chi connectivity index (χ4n) is 0.785. The van der Waals surface area contributed by atoms with Crippen molar-refractivity contribution < 1.29 is 4.74 Å². The van der Waals surface area contributed by atoms with Crippen LogP contribution in [0.15, 0.2) is 28.9 Å². The minimum atomic E-state index is 0.780. The van der Waals surface area contributed by atoms with Crippen LogP contribution in [-0.4, -0.2) is 13.0 Å². The summed E-state index contributed by atoms with van der Waals surface area (Å²) in [5.74, 6) is 0.780. The van der Waals surface area contributed by atoms with Crippen molar-refractivity contribution in [3.05, 3.63) is 23.9 Å². The van der Waals surface area contributed by atoms with Crippen molar-refractivity contribution in [1.82, 2.24) is 0 Å². The highest BCUT2D eigenvalue weighted by Gasteiger charge is 1.96. The molecule has 0 N–H and O–H groups in total. The van der Waals surface area contributed by atoms with Crippen LogP contribution < -0.4 is 0 Å². The van der Waals surface area contributed by atoms with Crippen molar-refractivity contribution in [3.63, 3.8) is 0 Å². The lowest BCUT2D eigenvalue weighted by Gasteiger charge is -1.98. The molecule has 1 rings (SSSR count). The van der Waals surface area contributed by atoms with Crippen LogP contribution in [0.3, 0.4) is 0 Å². The summed E-state index contributed by atoms with van der Waals surface area (Å²) in [5, 5.41) is 0. The Hall–Kier alpha value is -1.05. The molecule has 0 atom stereocenters. The average molecular weight is 137 g/mol. The molecule has 10 heavy (non-hydrogen) atoms. The van der Waals surface area contributed by atoms with E-state index in [1.807, 2.05) is 25.2 Å². The van der Waals surface area contributed by atoms with Gasteiger partial charge >= 0.3 is 0 Å². The molecule has 2 heteroatoms. The minimum absolute atomic E-state index is 0.780. The molecule has 0 fully saturated rings. The highest BCUT2D eigenvalue weighted by atomic mass is 16.5. The lowest BCUT2D eigenvalue weighted by atomic mass is 10.4. The Morgan fingerprint density at radius 3 is 3.10 bits per heavy atom. The zero-order chi connectivity index (χ0) is 7.40. The topological polar surface area (TPSA) is 21.6 Å². The van der Waals surface area contributed by atoms with Gasteiger partial charge in [0.25, 0.3) is 0 Å². The van der Waals surface area contributed by atoms with Gasteiger partial charge in [0, 0.05) is 12.1 Å². The predicted molar refractivity (Wildman–Crippen MR) is 42.0 cm³/mol. The standard InChI is InChI=1S/C8H11NO/c1-7-5-3-4-6-8(9-7)10-2/h3-5H,6H2,1-2H3. The zero-order valence-electron chi connectivity index (χ0n) is 6.29. The van der Waals surface area contributed by atoms with Crippen LogP contribution in [-0.2, 0) is 4.74 Å². The van der Waals surface area contributed by atoms with Gasteiger partial charge in [0.15, 0.2) is 5.90 Å². The van der Waals surface area contributed by atoms with Crippen molar-refractivity contribution in [3.8, 4) is 0 Å². The first-order valence-electron chi connectivity index (χ1n) is 3.28.